The zero-order valence-corrected chi connectivity index (χ0v) is 19.7. The highest BCUT2D eigenvalue weighted by Gasteiger charge is 2.37. The lowest BCUT2D eigenvalue weighted by Gasteiger charge is -2.18. The molecule has 0 aliphatic heterocycles. The Kier molecular flexibility index (Phi) is 7.16. The zero-order chi connectivity index (χ0) is 26.2. The molecule has 2 aromatic carbocycles. The Morgan fingerprint density at radius 1 is 0.943 bits per heavy atom. The molecule has 0 amide bonds. The Balaban J connectivity index is 1.94. The number of hydrogen-bond acceptors (Lipinski definition) is 5. The van der Waals surface area contributed by atoms with Crippen LogP contribution in [0.15, 0.2) is 42.5 Å². The molecule has 0 unspecified atom stereocenters. The Morgan fingerprint density at radius 2 is 1.54 bits per heavy atom. The summed E-state index contributed by atoms with van der Waals surface area (Å²) in [4.78, 5) is 15.5. The van der Waals surface area contributed by atoms with E-state index in [1.807, 2.05) is 20.8 Å². The van der Waals surface area contributed by atoms with E-state index in [-0.39, 0.29) is 30.3 Å². The monoisotopic (exact) mass is 517 g/mol. The molecule has 0 spiro atoms. The fourth-order valence-corrected chi connectivity index (χ4v) is 4.60. The number of non-ortho nitro benzene ring substituents is 1. The highest BCUT2D eigenvalue weighted by atomic mass is 32.1. The third kappa shape index (κ3) is 6.71. The number of halogens is 6. The highest BCUT2D eigenvalue weighted by Crippen LogP contribution is 2.39. The van der Waals surface area contributed by atoms with Crippen LogP contribution in [-0.2, 0) is 30.7 Å². The Hall–Kier alpha value is -3.15. The van der Waals surface area contributed by atoms with Crippen LogP contribution in [0.3, 0.4) is 0 Å². The van der Waals surface area contributed by atoms with Gasteiger partial charge in [0.25, 0.3) is 5.69 Å². The summed E-state index contributed by atoms with van der Waals surface area (Å²) in [5, 5.41) is 14.4. The second kappa shape index (κ2) is 9.48. The van der Waals surface area contributed by atoms with Crippen molar-refractivity contribution in [2.24, 2.45) is 0 Å². The van der Waals surface area contributed by atoms with Crippen molar-refractivity contribution in [3.63, 3.8) is 0 Å². The summed E-state index contributed by atoms with van der Waals surface area (Å²) in [6, 6.07) is 7.51. The normalized spacial score (nSPS) is 12.6. The molecule has 0 fully saturated rings. The van der Waals surface area contributed by atoms with Crippen molar-refractivity contribution in [3.05, 3.63) is 85.4 Å². The minimum atomic E-state index is -4.93. The second-order valence-electron chi connectivity index (χ2n) is 8.91. The van der Waals surface area contributed by atoms with Crippen LogP contribution in [0.25, 0.3) is 0 Å². The number of anilines is 1. The van der Waals surface area contributed by atoms with E-state index >= 15 is 0 Å². The standard InChI is InChI=1S/C23H21F6N3O2S/c1-21(2,3)19-18(10-14-7-15(22(24,25)26)11-16(8-14)23(27,28)29)35-20(31-19)30-12-13-5-4-6-17(9-13)32(33)34/h4-9,11H,10,12H2,1-3H3,(H,30,31). The third-order valence-corrected chi connectivity index (χ3v) is 6.00. The molecule has 1 aromatic heterocycles. The van der Waals surface area contributed by atoms with Crippen molar-refractivity contribution in [1.29, 1.82) is 0 Å². The maximum Gasteiger partial charge on any atom is 0.416 e. The first-order valence-electron chi connectivity index (χ1n) is 10.3. The van der Waals surface area contributed by atoms with E-state index in [1.54, 1.807) is 6.07 Å². The number of alkyl halides is 6. The van der Waals surface area contributed by atoms with Gasteiger partial charge in [-0.25, -0.2) is 4.98 Å². The predicted octanol–water partition coefficient (Wildman–Crippen LogP) is 7.59. The first kappa shape index (κ1) is 26.5. The van der Waals surface area contributed by atoms with Gasteiger partial charge in [-0.15, -0.1) is 11.3 Å². The molecule has 3 rings (SSSR count). The number of nitrogens with one attached hydrogen (secondary N) is 1. The molecule has 3 aromatic rings. The van der Waals surface area contributed by atoms with Crippen LogP contribution in [0.5, 0.6) is 0 Å². The van der Waals surface area contributed by atoms with Gasteiger partial charge in [-0.1, -0.05) is 32.9 Å². The zero-order valence-electron chi connectivity index (χ0n) is 18.8. The lowest BCUT2D eigenvalue weighted by molar-refractivity contribution is -0.384. The summed E-state index contributed by atoms with van der Waals surface area (Å²) in [5.41, 5.74) is -2.33. The molecule has 0 aliphatic rings. The topological polar surface area (TPSA) is 68.1 Å². The molecule has 1 N–H and O–H groups in total. The van der Waals surface area contributed by atoms with Gasteiger partial charge in [-0.3, -0.25) is 10.1 Å². The molecule has 1 heterocycles. The fraction of sp³-hybridized carbons (Fsp3) is 0.348. The van der Waals surface area contributed by atoms with E-state index in [4.69, 9.17) is 0 Å². The van der Waals surface area contributed by atoms with Gasteiger partial charge < -0.3 is 5.32 Å². The lowest BCUT2D eigenvalue weighted by atomic mass is 9.90. The molecule has 0 saturated carbocycles. The number of benzene rings is 2. The van der Waals surface area contributed by atoms with Crippen molar-refractivity contribution < 1.29 is 31.3 Å². The molecule has 0 bridgehead atoms. The predicted molar refractivity (Wildman–Crippen MR) is 120 cm³/mol. The van der Waals surface area contributed by atoms with Crippen molar-refractivity contribution in [3.8, 4) is 0 Å². The SMILES string of the molecule is CC(C)(C)c1nc(NCc2cccc([N+](=O)[O-])c2)sc1Cc1cc(C(F)(F)F)cc(C(F)(F)F)c1. The summed E-state index contributed by atoms with van der Waals surface area (Å²) < 4.78 is 79.5. The number of hydrogen-bond donors (Lipinski definition) is 1. The molecule has 5 nitrogen and oxygen atoms in total. The van der Waals surface area contributed by atoms with Crippen LogP contribution < -0.4 is 5.32 Å². The number of nitrogens with zero attached hydrogens (tertiary/aromatic N) is 2. The molecule has 0 atom stereocenters. The van der Waals surface area contributed by atoms with E-state index in [2.05, 4.69) is 10.3 Å². The maximum absolute atomic E-state index is 13.3. The van der Waals surface area contributed by atoms with E-state index in [9.17, 15) is 36.5 Å². The van der Waals surface area contributed by atoms with E-state index < -0.39 is 33.8 Å². The van der Waals surface area contributed by atoms with Gasteiger partial charge in [-0.05, 0) is 29.3 Å². The van der Waals surface area contributed by atoms with Crippen molar-refractivity contribution in [2.75, 3.05) is 5.32 Å². The average molecular weight is 517 g/mol. The molecule has 188 valence electrons. The van der Waals surface area contributed by atoms with Gasteiger partial charge in [0.2, 0.25) is 0 Å². The molecule has 0 radical (unpaired) electrons. The van der Waals surface area contributed by atoms with Crippen LogP contribution in [-0.4, -0.2) is 9.91 Å². The summed E-state index contributed by atoms with van der Waals surface area (Å²) in [5.74, 6) is 0. The maximum atomic E-state index is 13.3. The first-order valence-corrected chi connectivity index (χ1v) is 11.1. The summed E-state index contributed by atoms with van der Waals surface area (Å²) >= 11 is 1.12. The summed E-state index contributed by atoms with van der Waals surface area (Å²) in [6.07, 6.45) is -10.0. The first-order chi connectivity index (χ1) is 16.0. The van der Waals surface area contributed by atoms with Gasteiger partial charge in [0.15, 0.2) is 5.13 Å². The van der Waals surface area contributed by atoms with Gasteiger partial charge in [0, 0.05) is 35.4 Å². The highest BCUT2D eigenvalue weighted by molar-refractivity contribution is 7.15. The van der Waals surface area contributed by atoms with Gasteiger partial charge in [-0.2, -0.15) is 26.3 Å². The van der Waals surface area contributed by atoms with Gasteiger partial charge in [0.1, 0.15) is 0 Å². The van der Waals surface area contributed by atoms with E-state index in [0.29, 0.717) is 21.3 Å². The quantitative estimate of drug-likeness (QED) is 0.208. The minimum absolute atomic E-state index is 0.0791. The lowest BCUT2D eigenvalue weighted by Crippen LogP contribution is -2.15. The van der Waals surface area contributed by atoms with Crippen LogP contribution in [0.2, 0.25) is 0 Å². The number of nitro benzene ring substituents is 1. The van der Waals surface area contributed by atoms with E-state index in [1.165, 1.54) is 18.2 Å². The molecule has 12 heteroatoms. The second-order valence-corrected chi connectivity index (χ2v) is 10.00. The van der Waals surface area contributed by atoms with Crippen LogP contribution in [0.4, 0.5) is 37.2 Å². The van der Waals surface area contributed by atoms with Gasteiger partial charge in [0.05, 0.1) is 21.7 Å². The average Bonchev–Trinajstić information content (AvgIpc) is 3.14. The molecular formula is C23H21F6N3O2S. The van der Waals surface area contributed by atoms with Crippen molar-refractivity contribution in [2.45, 2.75) is 51.5 Å². The van der Waals surface area contributed by atoms with Gasteiger partial charge >= 0.3 is 12.4 Å². The molecule has 35 heavy (non-hydrogen) atoms. The number of aromatic nitrogens is 1. The Bertz CT molecular complexity index is 1200. The molecule has 0 aliphatic carbocycles. The largest absolute Gasteiger partial charge is 0.416 e. The van der Waals surface area contributed by atoms with Crippen molar-refractivity contribution >= 4 is 22.2 Å². The minimum Gasteiger partial charge on any atom is -0.357 e. The number of nitro groups is 1. The Labute approximate surface area is 201 Å². The summed E-state index contributed by atoms with van der Waals surface area (Å²) in [6.45, 7) is 5.70. The van der Waals surface area contributed by atoms with Crippen LogP contribution in [0, 0.1) is 10.1 Å². The van der Waals surface area contributed by atoms with Crippen molar-refractivity contribution in [1.82, 2.24) is 4.98 Å². The van der Waals surface area contributed by atoms with E-state index in [0.717, 1.165) is 23.5 Å². The number of rotatable bonds is 6. The van der Waals surface area contributed by atoms with Crippen LogP contribution in [0.1, 0.15) is 53.6 Å². The molecule has 0 saturated heterocycles. The Morgan fingerprint density at radius 3 is 2.06 bits per heavy atom. The summed E-state index contributed by atoms with van der Waals surface area (Å²) in [7, 11) is 0. The molecular weight excluding hydrogens is 496 g/mol. The smallest absolute Gasteiger partial charge is 0.357 e. The third-order valence-electron chi connectivity index (χ3n) is 4.99. The van der Waals surface area contributed by atoms with Crippen LogP contribution >= 0.6 is 11.3 Å². The number of thiazole rings is 1. The fourth-order valence-electron chi connectivity index (χ4n) is 3.40.